The lowest BCUT2D eigenvalue weighted by Gasteiger charge is -2.21. The van der Waals surface area contributed by atoms with Gasteiger partial charge in [-0.25, -0.2) is 0 Å². The van der Waals surface area contributed by atoms with Gasteiger partial charge in [0.2, 0.25) is 5.91 Å². The number of halogens is 1. The highest BCUT2D eigenvalue weighted by Crippen LogP contribution is 2.20. The maximum absolute atomic E-state index is 11.4. The van der Waals surface area contributed by atoms with E-state index >= 15 is 0 Å². The van der Waals surface area contributed by atoms with Gasteiger partial charge in [-0.05, 0) is 24.1 Å². The van der Waals surface area contributed by atoms with Crippen molar-refractivity contribution in [1.82, 2.24) is 9.80 Å². The van der Waals surface area contributed by atoms with E-state index in [2.05, 4.69) is 11.0 Å². The first-order valence-corrected chi connectivity index (χ1v) is 7.14. The molecule has 1 heterocycles. The topological polar surface area (TPSA) is 47.3 Å². The molecule has 0 aliphatic carbocycles. The molecule has 106 valence electrons. The first kappa shape index (κ1) is 14.8. The molecular weight excluding hydrogens is 274 g/mol. The molecule has 0 bridgehead atoms. The Hall–Kier alpha value is -1.57. The Balaban J connectivity index is 2.00. The Morgan fingerprint density at radius 3 is 2.80 bits per heavy atom. The van der Waals surface area contributed by atoms with Crippen molar-refractivity contribution in [3.63, 3.8) is 0 Å². The number of hydrogen-bond acceptors (Lipinski definition) is 3. The minimum atomic E-state index is 0.142. The number of amides is 1. The fraction of sp³-hybridized carbons (Fsp3) is 0.467. The lowest BCUT2D eigenvalue weighted by Crippen LogP contribution is -2.33. The first-order valence-electron chi connectivity index (χ1n) is 6.76. The monoisotopic (exact) mass is 291 g/mol. The van der Waals surface area contributed by atoms with Gasteiger partial charge in [-0.1, -0.05) is 17.7 Å². The van der Waals surface area contributed by atoms with Crippen LogP contribution in [0.15, 0.2) is 18.2 Å². The summed E-state index contributed by atoms with van der Waals surface area (Å²) in [7, 11) is 0. The van der Waals surface area contributed by atoms with Crippen LogP contribution in [0.4, 0.5) is 0 Å². The highest BCUT2D eigenvalue weighted by atomic mass is 35.5. The quantitative estimate of drug-likeness (QED) is 0.840. The second-order valence-corrected chi connectivity index (χ2v) is 5.46. The molecule has 1 fully saturated rings. The lowest BCUT2D eigenvalue weighted by molar-refractivity contribution is -0.128. The van der Waals surface area contributed by atoms with Crippen LogP contribution in [0.3, 0.4) is 0 Å². The Morgan fingerprint density at radius 2 is 2.15 bits per heavy atom. The van der Waals surface area contributed by atoms with Crippen LogP contribution in [-0.2, 0) is 11.3 Å². The van der Waals surface area contributed by atoms with Gasteiger partial charge in [-0.2, -0.15) is 5.26 Å². The number of carbonyl (C=O) groups is 1. The van der Waals surface area contributed by atoms with Gasteiger partial charge in [-0.15, -0.1) is 0 Å². The van der Waals surface area contributed by atoms with Crippen LogP contribution in [0, 0.1) is 11.3 Å². The van der Waals surface area contributed by atoms with E-state index in [1.807, 2.05) is 11.0 Å². The largest absolute Gasteiger partial charge is 0.342 e. The second-order valence-electron chi connectivity index (χ2n) is 5.05. The summed E-state index contributed by atoms with van der Waals surface area (Å²) in [4.78, 5) is 15.6. The molecule has 1 aliphatic heterocycles. The van der Waals surface area contributed by atoms with Crippen molar-refractivity contribution in [3.8, 4) is 6.07 Å². The molecule has 4 nitrogen and oxygen atoms in total. The van der Waals surface area contributed by atoms with Crippen LogP contribution >= 0.6 is 11.6 Å². The molecule has 1 saturated heterocycles. The van der Waals surface area contributed by atoms with E-state index < -0.39 is 0 Å². The van der Waals surface area contributed by atoms with E-state index in [-0.39, 0.29) is 5.91 Å². The molecule has 1 aliphatic rings. The summed E-state index contributed by atoms with van der Waals surface area (Å²) in [5.74, 6) is 0.142. The highest BCUT2D eigenvalue weighted by Gasteiger charge is 2.17. The second kappa shape index (κ2) is 6.74. The van der Waals surface area contributed by atoms with E-state index in [4.69, 9.17) is 16.9 Å². The van der Waals surface area contributed by atoms with Crippen LogP contribution in [-0.4, -0.2) is 41.9 Å². The highest BCUT2D eigenvalue weighted by molar-refractivity contribution is 6.31. The smallest absolute Gasteiger partial charge is 0.219 e. The van der Waals surface area contributed by atoms with Gasteiger partial charge in [0.15, 0.2) is 0 Å². The number of hydrogen-bond donors (Lipinski definition) is 0. The van der Waals surface area contributed by atoms with Gasteiger partial charge in [0.1, 0.15) is 0 Å². The Labute approximate surface area is 124 Å². The standard InChI is InChI=1S/C15H18ClN3O/c1-12(20)19-6-2-5-18(7-8-19)11-14-4-3-13(10-17)9-15(14)16/h3-4,9H,2,5-8,11H2,1H3. The molecule has 1 aromatic carbocycles. The number of carbonyl (C=O) groups excluding carboxylic acids is 1. The molecule has 5 heteroatoms. The van der Waals surface area contributed by atoms with Gasteiger partial charge in [0.25, 0.3) is 0 Å². The SMILES string of the molecule is CC(=O)N1CCCN(Cc2ccc(C#N)cc2Cl)CC1. The summed E-state index contributed by atoms with van der Waals surface area (Å²) in [5, 5.41) is 9.47. The van der Waals surface area contributed by atoms with Crippen LogP contribution in [0.5, 0.6) is 0 Å². The molecule has 0 spiro atoms. The van der Waals surface area contributed by atoms with Crippen LogP contribution in [0.25, 0.3) is 0 Å². The fourth-order valence-corrected chi connectivity index (χ4v) is 2.67. The normalized spacial score (nSPS) is 16.6. The van der Waals surface area contributed by atoms with Crippen molar-refractivity contribution in [3.05, 3.63) is 34.3 Å². The maximum atomic E-state index is 11.4. The van der Waals surface area contributed by atoms with Crippen molar-refractivity contribution in [2.24, 2.45) is 0 Å². The van der Waals surface area contributed by atoms with Gasteiger partial charge in [0.05, 0.1) is 11.6 Å². The van der Waals surface area contributed by atoms with Gasteiger partial charge in [-0.3, -0.25) is 9.69 Å². The molecule has 1 amide bonds. The summed E-state index contributed by atoms with van der Waals surface area (Å²) in [5.41, 5.74) is 1.61. The number of nitriles is 1. The third-order valence-electron chi connectivity index (χ3n) is 3.61. The van der Waals surface area contributed by atoms with Crippen molar-refractivity contribution >= 4 is 17.5 Å². The fourth-order valence-electron chi connectivity index (χ4n) is 2.43. The minimum absolute atomic E-state index is 0.142. The zero-order valence-electron chi connectivity index (χ0n) is 11.6. The van der Waals surface area contributed by atoms with Crippen molar-refractivity contribution < 1.29 is 4.79 Å². The van der Waals surface area contributed by atoms with Crippen molar-refractivity contribution in [1.29, 1.82) is 5.26 Å². The summed E-state index contributed by atoms with van der Waals surface area (Å²) in [6, 6.07) is 7.49. The van der Waals surface area contributed by atoms with Gasteiger partial charge in [0, 0.05) is 44.7 Å². The average molecular weight is 292 g/mol. The number of benzene rings is 1. The molecule has 2 rings (SSSR count). The predicted molar refractivity (Wildman–Crippen MR) is 78.3 cm³/mol. The van der Waals surface area contributed by atoms with E-state index in [0.717, 1.165) is 44.7 Å². The maximum Gasteiger partial charge on any atom is 0.219 e. The van der Waals surface area contributed by atoms with E-state index in [0.29, 0.717) is 10.6 Å². The number of rotatable bonds is 2. The molecule has 0 atom stereocenters. The van der Waals surface area contributed by atoms with Crippen LogP contribution in [0.2, 0.25) is 5.02 Å². The summed E-state index contributed by atoms with van der Waals surface area (Å²) in [6.45, 7) is 5.79. The van der Waals surface area contributed by atoms with Crippen molar-refractivity contribution in [2.45, 2.75) is 19.9 Å². The Kier molecular flexibility index (Phi) is 4.99. The summed E-state index contributed by atoms with van der Waals surface area (Å²) in [6.07, 6.45) is 0.980. The van der Waals surface area contributed by atoms with E-state index in [1.165, 1.54) is 0 Å². The molecule has 0 aromatic heterocycles. The first-order chi connectivity index (χ1) is 9.60. The number of nitrogens with zero attached hydrogens (tertiary/aromatic N) is 3. The third-order valence-corrected chi connectivity index (χ3v) is 3.96. The summed E-state index contributed by atoms with van der Waals surface area (Å²) >= 11 is 6.20. The molecular formula is C15H18ClN3O. The molecule has 0 N–H and O–H groups in total. The van der Waals surface area contributed by atoms with Crippen LogP contribution in [0.1, 0.15) is 24.5 Å². The zero-order valence-corrected chi connectivity index (χ0v) is 12.4. The predicted octanol–water partition coefficient (Wildman–Crippen LogP) is 2.27. The average Bonchev–Trinajstić information content (AvgIpc) is 2.66. The van der Waals surface area contributed by atoms with E-state index in [1.54, 1.807) is 19.1 Å². The minimum Gasteiger partial charge on any atom is -0.342 e. The Morgan fingerprint density at radius 1 is 1.35 bits per heavy atom. The molecule has 0 saturated carbocycles. The molecule has 0 unspecified atom stereocenters. The molecule has 1 aromatic rings. The van der Waals surface area contributed by atoms with Gasteiger partial charge >= 0.3 is 0 Å². The van der Waals surface area contributed by atoms with Crippen LogP contribution < -0.4 is 0 Å². The van der Waals surface area contributed by atoms with E-state index in [9.17, 15) is 4.79 Å². The molecule has 20 heavy (non-hydrogen) atoms. The summed E-state index contributed by atoms with van der Waals surface area (Å²) < 4.78 is 0. The zero-order chi connectivity index (χ0) is 14.5. The lowest BCUT2D eigenvalue weighted by atomic mass is 10.1. The third kappa shape index (κ3) is 3.72. The molecule has 0 radical (unpaired) electrons. The van der Waals surface area contributed by atoms with Gasteiger partial charge < -0.3 is 4.90 Å². The Bertz CT molecular complexity index is 538. The van der Waals surface area contributed by atoms with Crippen molar-refractivity contribution in [2.75, 3.05) is 26.2 Å².